The second kappa shape index (κ2) is 11.3. The number of amides is 1. The first-order valence-corrected chi connectivity index (χ1v) is 12.5. The first kappa shape index (κ1) is 26.2. The van der Waals surface area contributed by atoms with Gasteiger partial charge in [-0.15, -0.1) is 0 Å². The molecule has 1 aromatic heterocycles. The Morgan fingerprint density at radius 3 is 2.56 bits per heavy atom. The van der Waals surface area contributed by atoms with Crippen molar-refractivity contribution in [1.82, 2.24) is 9.88 Å². The Hall–Kier alpha value is -2.42. The molecule has 2 atom stereocenters. The number of esters is 1. The molecule has 2 heterocycles. The van der Waals surface area contributed by atoms with Crippen LogP contribution < -0.4 is 4.74 Å². The first-order chi connectivity index (χ1) is 16.2. The molecule has 3 rings (SSSR count). The van der Waals surface area contributed by atoms with Crippen LogP contribution in [0.1, 0.15) is 39.7 Å². The smallest absolute Gasteiger partial charge is 0.329 e. The topological polar surface area (TPSA) is 68.7 Å². The molecule has 1 fully saturated rings. The van der Waals surface area contributed by atoms with Gasteiger partial charge in [0.05, 0.1) is 28.8 Å². The van der Waals surface area contributed by atoms with E-state index >= 15 is 0 Å². The highest BCUT2D eigenvalue weighted by molar-refractivity contribution is 8.26. The van der Waals surface area contributed by atoms with E-state index in [1.165, 1.54) is 23.8 Å². The normalized spacial score (nSPS) is 16.8. The molecular weight excluding hydrogens is 492 g/mol. The molecule has 1 aliphatic rings. The minimum absolute atomic E-state index is 0.0295. The molecule has 180 valence electrons. The third kappa shape index (κ3) is 5.79. The standard InChI is InChI=1S/C25H27ClN2O4S2/c1-6-15(4)22(24(30)31-5)28-23(29)21(34-25(28)33)11-16-7-9-19(27-13-16)17-8-10-20(18(26)12-17)32-14(2)3/h7-15,22H,6H2,1-5H3/b21-11-/t15-,22+/m1/s1. The quantitative estimate of drug-likeness (QED) is 0.242. The van der Waals surface area contributed by atoms with Crippen LogP contribution in [-0.4, -0.2) is 45.3 Å². The van der Waals surface area contributed by atoms with Crippen LogP contribution in [-0.2, 0) is 14.3 Å². The Kier molecular flexibility index (Phi) is 8.73. The fourth-order valence-electron chi connectivity index (χ4n) is 3.48. The van der Waals surface area contributed by atoms with E-state index in [2.05, 4.69) is 4.98 Å². The molecule has 0 aliphatic carbocycles. The number of thioether (sulfide) groups is 1. The average molecular weight is 519 g/mol. The third-order valence-electron chi connectivity index (χ3n) is 5.40. The fraction of sp³-hybridized carbons (Fsp3) is 0.360. The van der Waals surface area contributed by atoms with Crippen LogP contribution in [0, 0.1) is 5.92 Å². The predicted molar refractivity (Wildman–Crippen MR) is 141 cm³/mol. The van der Waals surface area contributed by atoms with E-state index in [-0.39, 0.29) is 17.9 Å². The number of halogens is 1. The average Bonchev–Trinajstić information content (AvgIpc) is 3.08. The van der Waals surface area contributed by atoms with Crippen molar-refractivity contribution in [2.75, 3.05) is 7.11 Å². The van der Waals surface area contributed by atoms with Gasteiger partial charge < -0.3 is 9.47 Å². The number of carbonyl (C=O) groups is 2. The monoisotopic (exact) mass is 518 g/mol. The van der Waals surface area contributed by atoms with Crippen molar-refractivity contribution in [3.63, 3.8) is 0 Å². The zero-order chi connectivity index (χ0) is 25.0. The van der Waals surface area contributed by atoms with Crippen LogP contribution >= 0.6 is 35.6 Å². The van der Waals surface area contributed by atoms with Gasteiger partial charge in [0.25, 0.3) is 5.91 Å². The van der Waals surface area contributed by atoms with E-state index in [0.717, 1.165) is 16.8 Å². The minimum atomic E-state index is -0.749. The summed E-state index contributed by atoms with van der Waals surface area (Å²) in [4.78, 5) is 31.9. The number of nitrogens with zero attached hydrogens (tertiary/aromatic N) is 2. The lowest BCUT2D eigenvalue weighted by Crippen LogP contribution is -2.48. The van der Waals surface area contributed by atoms with E-state index in [4.69, 9.17) is 33.3 Å². The van der Waals surface area contributed by atoms with E-state index < -0.39 is 12.0 Å². The summed E-state index contributed by atoms with van der Waals surface area (Å²) in [6.45, 7) is 7.75. The summed E-state index contributed by atoms with van der Waals surface area (Å²) in [6.07, 6.45) is 4.14. The van der Waals surface area contributed by atoms with Crippen LogP contribution in [0.15, 0.2) is 41.4 Å². The Morgan fingerprint density at radius 1 is 1.26 bits per heavy atom. The maximum atomic E-state index is 13.1. The van der Waals surface area contributed by atoms with E-state index in [1.807, 2.05) is 58.0 Å². The number of thiocarbonyl (C=S) groups is 1. The van der Waals surface area contributed by atoms with Gasteiger partial charge in [0.2, 0.25) is 0 Å². The number of rotatable bonds is 8. The molecule has 2 aromatic rings. The second-order valence-corrected chi connectivity index (χ2v) is 10.3. The molecule has 9 heteroatoms. The Labute approximate surface area is 214 Å². The molecule has 1 aliphatic heterocycles. The molecule has 0 saturated carbocycles. The summed E-state index contributed by atoms with van der Waals surface area (Å²) in [5.74, 6) is -0.246. The zero-order valence-electron chi connectivity index (χ0n) is 19.7. The van der Waals surface area contributed by atoms with Crippen molar-refractivity contribution in [2.24, 2.45) is 5.92 Å². The molecular formula is C25H27ClN2O4S2. The molecule has 0 spiro atoms. The molecule has 6 nitrogen and oxygen atoms in total. The van der Waals surface area contributed by atoms with Crippen molar-refractivity contribution >= 4 is 57.9 Å². The maximum Gasteiger partial charge on any atom is 0.329 e. The highest BCUT2D eigenvalue weighted by atomic mass is 35.5. The summed E-state index contributed by atoms with van der Waals surface area (Å²) in [5.41, 5.74) is 2.34. The molecule has 1 amide bonds. The van der Waals surface area contributed by atoms with E-state index in [9.17, 15) is 9.59 Å². The second-order valence-electron chi connectivity index (χ2n) is 8.19. The van der Waals surface area contributed by atoms with Crippen LogP contribution in [0.2, 0.25) is 5.02 Å². The lowest BCUT2D eigenvalue weighted by molar-refractivity contribution is -0.150. The highest BCUT2D eigenvalue weighted by Gasteiger charge is 2.43. The molecule has 0 N–H and O–H groups in total. The molecule has 0 radical (unpaired) electrons. The highest BCUT2D eigenvalue weighted by Crippen LogP contribution is 2.36. The van der Waals surface area contributed by atoms with E-state index in [1.54, 1.807) is 12.3 Å². The number of benzene rings is 1. The van der Waals surface area contributed by atoms with E-state index in [0.29, 0.717) is 26.4 Å². The number of hydrogen-bond acceptors (Lipinski definition) is 7. The van der Waals surface area contributed by atoms with Crippen LogP contribution in [0.3, 0.4) is 0 Å². The minimum Gasteiger partial charge on any atom is -0.489 e. The van der Waals surface area contributed by atoms with Crippen molar-refractivity contribution in [2.45, 2.75) is 46.3 Å². The van der Waals surface area contributed by atoms with Crippen molar-refractivity contribution in [3.05, 3.63) is 52.0 Å². The molecule has 34 heavy (non-hydrogen) atoms. The molecule has 0 bridgehead atoms. The molecule has 0 unspecified atom stereocenters. The van der Waals surface area contributed by atoms with Gasteiger partial charge in [-0.25, -0.2) is 4.79 Å². The number of carbonyl (C=O) groups excluding carboxylic acids is 2. The Bertz CT molecular complexity index is 1120. The van der Waals surface area contributed by atoms with Crippen LogP contribution in [0.25, 0.3) is 17.3 Å². The first-order valence-electron chi connectivity index (χ1n) is 10.9. The Morgan fingerprint density at radius 2 is 2.00 bits per heavy atom. The zero-order valence-corrected chi connectivity index (χ0v) is 22.1. The number of aromatic nitrogens is 1. The summed E-state index contributed by atoms with van der Waals surface area (Å²) in [5, 5.41) is 0.516. The largest absolute Gasteiger partial charge is 0.489 e. The van der Waals surface area contributed by atoms with Gasteiger partial charge in [-0.2, -0.15) is 0 Å². The van der Waals surface area contributed by atoms with Gasteiger partial charge in [-0.3, -0.25) is 14.7 Å². The summed E-state index contributed by atoms with van der Waals surface area (Å²) >= 11 is 13.0. The third-order valence-corrected chi connectivity index (χ3v) is 7.03. The lowest BCUT2D eigenvalue weighted by atomic mass is 9.98. The number of methoxy groups -OCH3 is 1. The SMILES string of the molecule is CC[C@@H](C)[C@@H](C(=O)OC)N1C(=O)/C(=C/c2ccc(-c3ccc(OC(C)C)c(Cl)c3)nc2)SC1=S. The van der Waals surface area contributed by atoms with Gasteiger partial charge in [0, 0.05) is 11.8 Å². The number of hydrogen-bond donors (Lipinski definition) is 0. The van der Waals surface area contributed by atoms with Gasteiger partial charge in [-0.05, 0) is 55.7 Å². The molecule has 1 saturated heterocycles. The van der Waals surface area contributed by atoms with Gasteiger partial charge in [0.1, 0.15) is 16.1 Å². The van der Waals surface area contributed by atoms with Crippen LogP contribution in [0.4, 0.5) is 0 Å². The van der Waals surface area contributed by atoms with Gasteiger partial charge >= 0.3 is 5.97 Å². The number of pyridine rings is 1. The van der Waals surface area contributed by atoms with Crippen LogP contribution in [0.5, 0.6) is 5.75 Å². The lowest BCUT2D eigenvalue weighted by Gasteiger charge is -2.28. The molecule has 1 aromatic carbocycles. The van der Waals surface area contributed by atoms with Gasteiger partial charge in [-0.1, -0.05) is 61.9 Å². The summed E-state index contributed by atoms with van der Waals surface area (Å²) < 4.78 is 11.0. The van der Waals surface area contributed by atoms with Crippen molar-refractivity contribution in [1.29, 1.82) is 0 Å². The summed E-state index contributed by atoms with van der Waals surface area (Å²) in [7, 11) is 1.32. The van der Waals surface area contributed by atoms with Crippen molar-refractivity contribution < 1.29 is 19.1 Å². The Balaban J connectivity index is 1.82. The number of ether oxygens (including phenoxy) is 2. The predicted octanol–water partition coefficient (Wildman–Crippen LogP) is 5.98. The van der Waals surface area contributed by atoms with Gasteiger partial charge in [0.15, 0.2) is 0 Å². The maximum absolute atomic E-state index is 13.1. The fourth-order valence-corrected chi connectivity index (χ4v) is 5.03. The van der Waals surface area contributed by atoms with Crippen molar-refractivity contribution in [3.8, 4) is 17.0 Å². The summed E-state index contributed by atoms with van der Waals surface area (Å²) in [6, 6.07) is 8.52.